The van der Waals surface area contributed by atoms with E-state index in [1.165, 1.54) is 25.7 Å². The van der Waals surface area contributed by atoms with E-state index in [4.69, 9.17) is 22.7 Å². The van der Waals surface area contributed by atoms with Gasteiger partial charge in [0.1, 0.15) is 0 Å². The van der Waals surface area contributed by atoms with Crippen LogP contribution in [0.2, 0.25) is 0 Å². The van der Waals surface area contributed by atoms with Crippen molar-refractivity contribution in [2.24, 2.45) is 5.73 Å². The van der Waals surface area contributed by atoms with Gasteiger partial charge in [0.25, 0.3) is 0 Å². The molecule has 1 saturated carbocycles. The Morgan fingerprint density at radius 2 is 1.94 bits per heavy atom. The van der Waals surface area contributed by atoms with Gasteiger partial charge >= 0.3 is 0 Å². The lowest BCUT2D eigenvalue weighted by atomic mass is 10.2. The molecular formula is C13H26N2OS. The van der Waals surface area contributed by atoms with Gasteiger partial charge in [-0.15, -0.1) is 0 Å². The zero-order valence-corrected chi connectivity index (χ0v) is 12.2. The molecule has 0 radical (unpaired) electrons. The van der Waals surface area contributed by atoms with Gasteiger partial charge in [0.2, 0.25) is 0 Å². The highest BCUT2D eigenvalue weighted by atomic mass is 32.1. The van der Waals surface area contributed by atoms with E-state index in [9.17, 15) is 0 Å². The summed E-state index contributed by atoms with van der Waals surface area (Å²) in [4.78, 5) is 2.98. The Labute approximate surface area is 111 Å². The molecule has 2 N–H and O–H groups in total. The second-order valence-electron chi connectivity index (χ2n) is 5.84. The first kappa shape index (κ1) is 14.9. The maximum absolute atomic E-state index is 5.78. The number of ether oxygens (including phenoxy) is 1. The fourth-order valence-corrected chi connectivity index (χ4v) is 2.50. The van der Waals surface area contributed by atoms with Crippen LogP contribution >= 0.6 is 12.2 Å². The van der Waals surface area contributed by atoms with Crippen LogP contribution in [0.25, 0.3) is 0 Å². The Bertz CT molecular complexity index is 244. The molecule has 1 aliphatic rings. The molecule has 1 rings (SSSR count). The molecule has 0 unspecified atom stereocenters. The van der Waals surface area contributed by atoms with Crippen molar-refractivity contribution in [1.82, 2.24) is 4.90 Å². The Hall–Kier alpha value is -0.190. The standard InChI is InChI=1S/C13H26N2OS/c1-13(2,3)16-9-8-15(10-12(14)17)11-6-4-5-7-11/h11H,4-10H2,1-3H3,(H2,14,17). The summed E-state index contributed by atoms with van der Waals surface area (Å²) in [5.74, 6) is 0. The summed E-state index contributed by atoms with van der Waals surface area (Å²) in [6, 6.07) is 0.653. The number of hydrogen-bond donors (Lipinski definition) is 1. The molecule has 0 saturated heterocycles. The molecule has 0 heterocycles. The minimum Gasteiger partial charge on any atom is -0.392 e. The summed E-state index contributed by atoms with van der Waals surface area (Å²) < 4.78 is 5.78. The fourth-order valence-electron chi connectivity index (χ4n) is 2.33. The second kappa shape index (κ2) is 6.66. The minimum atomic E-state index is -0.0649. The monoisotopic (exact) mass is 258 g/mol. The van der Waals surface area contributed by atoms with Gasteiger partial charge in [0, 0.05) is 19.1 Å². The van der Waals surface area contributed by atoms with E-state index in [2.05, 4.69) is 25.7 Å². The molecule has 0 atom stereocenters. The molecule has 0 aliphatic heterocycles. The van der Waals surface area contributed by atoms with E-state index in [0.29, 0.717) is 11.0 Å². The Balaban J connectivity index is 2.37. The van der Waals surface area contributed by atoms with Gasteiger partial charge in [-0.3, -0.25) is 4.90 Å². The summed E-state index contributed by atoms with van der Waals surface area (Å²) in [6.07, 6.45) is 5.22. The van der Waals surface area contributed by atoms with Gasteiger partial charge in [-0.1, -0.05) is 25.1 Å². The third-order valence-corrected chi connectivity index (χ3v) is 3.24. The van der Waals surface area contributed by atoms with Gasteiger partial charge in [0.05, 0.1) is 17.2 Å². The lowest BCUT2D eigenvalue weighted by molar-refractivity contribution is -0.0154. The first-order valence-corrected chi connectivity index (χ1v) is 6.95. The fraction of sp³-hybridized carbons (Fsp3) is 0.923. The Morgan fingerprint density at radius 3 is 2.41 bits per heavy atom. The summed E-state index contributed by atoms with van der Waals surface area (Å²) in [7, 11) is 0. The van der Waals surface area contributed by atoms with Crippen molar-refractivity contribution in [2.75, 3.05) is 19.7 Å². The molecule has 100 valence electrons. The predicted molar refractivity (Wildman–Crippen MR) is 76.3 cm³/mol. The number of nitrogens with zero attached hydrogens (tertiary/aromatic N) is 1. The normalized spacial score (nSPS) is 17.9. The highest BCUT2D eigenvalue weighted by Gasteiger charge is 2.23. The molecule has 0 aromatic carbocycles. The van der Waals surface area contributed by atoms with Crippen LogP contribution in [0, 0.1) is 0 Å². The first-order chi connectivity index (χ1) is 7.88. The average Bonchev–Trinajstić information content (AvgIpc) is 2.66. The molecular weight excluding hydrogens is 232 g/mol. The average molecular weight is 258 g/mol. The van der Waals surface area contributed by atoms with E-state index < -0.39 is 0 Å². The van der Waals surface area contributed by atoms with Crippen LogP contribution in [0.4, 0.5) is 0 Å². The van der Waals surface area contributed by atoms with Gasteiger partial charge in [-0.2, -0.15) is 0 Å². The largest absolute Gasteiger partial charge is 0.392 e. The van der Waals surface area contributed by atoms with Crippen LogP contribution < -0.4 is 5.73 Å². The van der Waals surface area contributed by atoms with Gasteiger partial charge in [-0.25, -0.2) is 0 Å². The van der Waals surface area contributed by atoms with Gasteiger partial charge in [-0.05, 0) is 33.6 Å². The molecule has 0 spiro atoms. The van der Waals surface area contributed by atoms with Crippen LogP contribution in [-0.4, -0.2) is 41.2 Å². The second-order valence-corrected chi connectivity index (χ2v) is 6.36. The smallest absolute Gasteiger partial charge is 0.0870 e. The third-order valence-electron chi connectivity index (χ3n) is 3.11. The minimum absolute atomic E-state index is 0.0649. The number of rotatable bonds is 6. The van der Waals surface area contributed by atoms with Gasteiger partial charge in [0.15, 0.2) is 0 Å². The van der Waals surface area contributed by atoms with E-state index in [1.54, 1.807) is 0 Å². The molecule has 0 bridgehead atoms. The zero-order valence-electron chi connectivity index (χ0n) is 11.4. The SMILES string of the molecule is CC(C)(C)OCCN(CC(N)=S)C1CCCC1. The highest BCUT2D eigenvalue weighted by Crippen LogP contribution is 2.23. The summed E-state index contributed by atoms with van der Waals surface area (Å²) in [6.45, 7) is 8.66. The molecule has 0 amide bonds. The van der Waals surface area contributed by atoms with Crippen LogP contribution in [0.1, 0.15) is 46.5 Å². The van der Waals surface area contributed by atoms with Crippen molar-refractivity contribution in [3.8, 4) is 0 Å². The molecule has 4 heteroatoms. The van der Waals surface area contributed by atoms with Crippen molar-refractivity contribution >= 4 is 17.2 Å². The van der Waals surface area contributed by atoms with E-state index in [-0.39, 0.29) is 5.60 Å². The maximum atomic E-state index is 5.78. The van der Waals surface area contributed by atoms with Crippen molar-refractivity contribution in [3.63, 3.8) is 0 Å². The van der Waals surface area contributed by atoms with Crippen molar-refractivity contribution < 1.29 is 4.74 Å². The van der Waals surface area contributed by atoms with Crippen molar-refractivity contribution in [1.29, 1.82) is 0 Å². The third kappa shape index (κ3) is 6.34. The molecule has 1 aliphatic carbocycles. The molecule has 17 heavy (non-hydrogen) atoms. The number of thiocarbonyl (C=S) groups is 1. The van der Waals surface area contributed by atoms with Gasteiger partial charge < -0.3 is 10.5 Å². The summed E-state index contributed by atoms with van der Waals surface area (Å²) in [5.41, 5.74) is 5.60. The molecule has 1 fully saturated rings. The van der Waals surface area contributed by atoms with E-state index >= 15 is 0 Å². The predicted octanol–water partition coefficient (Wildman–Crippen LogP) is 2.33. The van der Waals surface area contributed by atoms with E-state index in [1.807, 2.05) is 0 Å². The van der Waals surface area contributed by atoms with Crippen LogP contribution in [0.5, 0.6) is 0 Å². The summed E-state index contributed by atoms with van der Waals surface area (Å²) in [5, 5.41) is 0. The highest BCUT2D eigenvalue weighted by molar-refractivity contribution is 7.80. The Morgan fingerprint density at radius 1 is 1.35 bits per heavy atom. The Kier molecular flexibility index (Phi) is 5.83. The maximum Gasteiger partial charge on any atom is 0.0870 e. The zero-order chi connectivity index (χ0) is 12.9. The van der Waals surface area contributed by atoms with Crippen LogP contribution in [-0.2, 0) is 4.74 Å². The van der Waals surface area contributed by atoms with E-state index in [0.717, 1.165) is 19.7 Å². The van der Waals surface area contributed by atoms with Crippen molar-refractivity contribution in [3.05, 3.63) is 0 Å². The number of hydrogen-bond acceptors (Lipinski definition) is 3. The summed E-state index contributed by atoms with van der Waals surface area (Å²) >= 11 is 5.03. The topological polar surface area (TPSA) is 38.5 Å². The first-order valence-electron chi connectivity index (χ1n) is 6.55. The molecule has 0 aromatic rings. The quantitative estimate of drug-likeness (QED) is 0.742. The lowest BCUT2D eigenvalue weighted by Crippen LogP contribution is -2.42. The van der Waals surface area contributed by atoms with Crippen LogP contribution in [0.3, 0.4) is 0 Å². The number of nitrogens with two attached hydrogens (primary N) is 1. The lowest BCUT2D eigenvalue weighted by Gasteiger charge is -2.29. The van der Waals surface area contributed by atoms with Crippen LogP contribution in [0.15, 0.2) is 0 Å². The molecule has 0 aromatic heterocycles. The molecule has 3 nitrogen and oxygen atoms in total. The van der Waals surface area contributed by atoms with Crippen molar-refractivity contribution in [2.45, 2.75) is 58.1 Å².